The summed E-state index contributed by atoms with van der Waals surface area (Å²) >= 11 is 0. The fraction of sp³-hybridized carbons (Fsp3) is 0.985. The lowest BCUT2D eigenvalue weighted by molar-refractivity contribution is -0.137. The minimum absolute atomic E-state index is 0.345. The summed E-state index contributed by atoms with van der Waals surface area (Å²) in [5.74, 6) is 0.173. The van der Waals surface area contributed by atoms with Gasteiger partial charge in [0.2, 0.25) is 10.1 Å². The van der Waals surface area contributed by atoms with Crippen molar-refractivity contribution in [1.82, 2.24) is 0 Å². The Balaban J connectivity index is 3.08. The number of hydrogen-bond donors (Lipinski definition) is 2. The first-order valence-corrected chi connectivity index (χ1v) is 36.2. The van der Waals surface area contributed by atoms with Crippen LogP contribution in [0, 0.1) is 0 Å². The van der Waals surface area contributed by atoms with Gasteiger partial charge in [-0.15, -0.1) is 0 Å². The number of carboxylic acid groups (broad SMARTS) is 1. The Morgan fingerprint density at radius 1 is 0.222 bits per heavy atom. The first-order valence-electron chi connectivity index (χ1n) is 33.6. The highest BCUT2D eigenvalue weighted by molar-refractivity contribution is 8.67. The van der Waals surface area contributed by atoms with E-state index in [1.165, 1.54) is 385 Å². The number of unbranched alkanes of at least 4 members (excludes halogenated alkanes) is 62. The molecule has 0 aromatic carbocycles. The first-order chi connectivity index (χ1) is 35.6. The van der Waals surface area contributed by atoms with Gasteiger partial charge in [0, 0.05) is 12.2 Å². The lowest BCUT2D eigenvalue weighted by Gasteiger charge is -2.05. The molecule has 0 fully saturated rings. The van der Waals surface area contributed by atoms with Gasteiger partial charge in [-0.1, -0.05) is 392 Å². The summed E-state index contributed by atoms with van der Waals surface area (Å²) in [7, 11) is -0.520. The van der Waals surface area contributed by atoms with E-state index in [1.54, 1.807) is 0 Å². The smallest absolute Gasteiger partial charge is 0.303 e. The van der Waals surface area contributed by atoms with Crippen LogP contribution in [0.3, 0.4) is 0 Å². The molecule has 0 saturated heterocycles. The highest BCUT2D eigenvalue weighted by atomic mass is 33.1. The van der Waals surface area contributed by atoms with Crippen molar-refractivity contribution >= 4 is 26.9 Å². The SMILES string of the molecule is O=C(O)CCCCCCCCCCCCCCCCCCCCCCCCCCCCCCCCCCCCCCCCCCCCCCCCCCCCCCCCCCCCCCCCCSS(=O)O. The molecule has 1 atom stereocenters. The van der Waals surface area contributed by atoms with Gasteiger partial charge in [0.1, 0.15) is 0 Å². The Bertz CT molecular complexity index is 930. The van der Waals surface area contributed by atoms with E-state index in [0.29, 0.717) is 6.42 Å². The van der Waals surface area contributed by atoms with Gasteiger partial charge >= 0.3 is 5.97 Å². The molecule has 0 aromatic rings. The standard InChI is InChI=1S/C66H132O4S2/c67-66(68)64-62-60-58-56-54-52-50-48-46-44-42-40-38-36-34-32-30-28-26-24-22-20-18-16-14-12-10-8-6-4-2-1-3-5-7-9-11-13-15-17-19-21-23-25-27-29-31-33-35-37-39-41-43-45-47-49-51-53-55-57-59-61-63-65-71-72(69)70/h1-65H2,(H,67,68)(H,69,70). The van der Waals surface area contributed by atoms with Crippen molar-refractivity contribution in [3.05, 3.63) is 0 Å². The zero-order valence-electron chi connectivity index (χ0n) is 49.0. The molecule has 4 nitrogen and oxygen atoms in total. The molecule has 0 rings (SSSR count). The Hall–Kier alpha value is -0.0700. The van der Waals surface area contributed by atoms with Gasteiger partial charge < -0.3 is 5.11 Å². The van der Waals surface area contributed by atoms with Gasteiger partial charge in [-0.3, -0.25) is 9.35 Å². The average molecular weight is 1050 g/mol. The van der Waals surface area contributed by atoms with E-state index in [9.17, 15) is 9.00 Å². The van der Waals surface area contributed by atoms with Crippen molar-refractivity contribution in [2.75, 3.05) is 5.75 Å². The van der Waals surface area contributed by atoms with E-state index >= 15 is 0 Å². The monoisotopic (exact) mass is 1050 g/mol. The largest absolute Gasteiger partial charge is 0.481 e. The van der Waals surface area contributed by atoms with Crippen LogP contribution in [0.25, 0.3) is 0 Å². The van der Waals surface area contributed by atoms with E-state index < -0.39 is 16.1 Å². The Labute approximate surface area is 459 Å². The van der Waals surface area contributed by atoms with Crippen LogP contribution in [0.5, 0.6) is 0 Å². The molecular formula is C66H132O4S2. The van der Waals surface area contributed by atoms with E-state index in [0.717, 1.165) is 35.8 Å². The summed E-state index contributed by atoms with van der Waals surface area (Å²) in [4.78, 5) is 10.5. The lowest BCUT2D eigenvalue weighted by atomic mass is 10.0. The number of carboxylic acids is 1. The Morgan fingerprint density at radius 3 is 0.444 bits per heavy atom. The quantitative estimate of drug-likeness (QED) is 0.0361. The van der Waals surface area contributed by atoms with Crippen LogP contribution in [0.15, 0.2) is 0 Å². The van der Waals surface area contributed by atoms with Gasteiger partial charge in [-0.25, -0.2) is 4.21 Å². The zero-order valence-corrected chi connectivity index (χ0v) is 50.6. The Kier molecular flexibility index (Phi) is 67.0. The molecule has 2 N–H and O–H groups in total. The molecule has 0 aliphatic rings. The summed E-state index contributed by atoms with van der Waals surface area (Å²) in [6, 6.07) is 0. The van der Waals surface area contributed by atoms with Gasteiger partial charge in [0.25, 0.3) is 0 Å². The van der Waals surface area contributed by atoms with Crippen LogP contribution < -0.4 is 0 Å². The summed E-state index contributed by atoms with van der Waals surface area (Å²) in [6.45, 7) is 0. The normalized spacial score (nSPS) is 12.1. The molecule has 0 aromatic heterocycles. The fourth-order valence-corrected chi connectivity index (χ4v) is 12.5. The number of aliphatic carboxylic acids is 1. The average Bonchev–Trinajstić information content (AvgIpc) is 3.37. The molecule has 432 valence electrons. The summed E-state index contributed by atoms with van der Waals surface area (Å²) < 4.78 is 19.4. The molecule has 6 heteroatoms. The van der Waals surface area contributed by atoms with E-state index in [2.05, 4.69) is 0 Å². The third-order valence-electron chi connectivity index (χ3n) is 16.2. The molecule has 1 unspecified atom stereocenters. The molecule has 0 amide bonds. The van der Waals surface area contributed by atoms with Gasteiger partial charge in [0.15, 0.2) is 0 Å². The van der Waals surface area contributed by atoms with E-state index in [1.807, 2.05) is 0 Å². The topological polar surface area (TPSA) is 74.6 Å². The third-order valence-corrected chi connectivity index (χ3v) is 18.0. The minimum Gasteiger partial charge on any atom is -0.481 e. The molecule has 0 saturated carbocycles. The van der Waals surface area contributed by atoms with Crippen molar-refractivity contribution in [2.24, 2.45) is 0 Å². The fourth-order valence-electron chi connectivity index (χ4n) is 11.3. The van der Waals surface area contributed by atoms with Gasteiger partial charge in [-0.2, -0.15) is 0 Å². The molecule has 0 spiro atoms. The van der Waals surface area contributed by atoms with Crippen LogP contribution in [0.2, 0.25) is 0 Å². The maximum atomic E-state index is 10.6. The number of rotatable bonds is 67. The van der Waals surface area contributed by atoms with E-state index in [4.69, 9.17) is 9.66 Å². The predicted molar refractivity (Wildman–Crippen MR) is 326 cm³/mol. The molecule has 0 bridgehead atoms. The van der Waals surface area contributed by atoms with Crippen LogP contribution in [-0.2, 0) is 14.9 Å². The van der Waals surface area contributed by atoms with Crippen LogP contribution >= 0.6 is 10.8 Å². The minimum atomic E-state index is -1.68. The summed E-state index contributed by atoms with van der Waals surface area (Å²) in [5.41, 5.74) is 0. The van der Waals surface area contributed by atoms with Crippen LogP contribution in [0.1, 0.15) is 411 Å². The Morgan fingerprint density at radius 2 is 0.333 bits per heavy atom. The van der Waals surface area contributed by atoms with Gasteiger partial charge in [0.05, 0.1) is 0 Å². The predicted octanol–water partition coefficient (Wildman–Crippen LogP) is 24.9. The highest BCUT2D eigenvalue weighted by Gasteiger charge is 2.02. The molecule has 0 heterocycles. The van der Waals surface area contributed by atoms with Gasteiger partial charge in [-0.05, 0) is 23.6 Å². The summed E-state index contributed by atoms with van der Waals surface area (Å²) in [5, 5.41) is 8.68. The van der Waals surface area contributed by atoms with E-state index in [-0.39, 0.29) is 0 Å². The van der Waals surface area contributed by atoms with Crippen LogP contribution in [0.4, 0.5) is 0 Å². The van der Waals surface area contributed by atoms with Crippen molar-refractivity contribution < 1.29 is 18.7 Å². The van der Waals surface area contributed by atoms with Crippen molar-refractivity contribution in [3.63, 3.8) is 0 Å². The molecule has 0 aliphatic heterocycles. The summed E-state index contributed by atoms with van der Waals surface area (Å²) in [6.07, 6.45) is 90.0. The highest BCUT2D eigenvalue weighted by Crippen LogP contribution is 2.21. The maximum Gasteiger partial charge on any atom is 0.303 e. The first kappa shape index (κ1) is 71.9. The second-order valence-corrected chi connectivity index (χ2v) is 26.1. The second kappa shape index (κ2) is 67.0. The molecule has 0 aliphatic carbocycles. The molecule has 72 heavy (non-hydrogen) atoms. The maximum absolute atomic E-state index is 10.6. The van der Waals surface area contributed by atoms with Crippen molar-refractivity contribution in [2.45, 2.75) is 411 Å². The van der Waals surface area contributed by atoms with Crippen molar-refractivity contribution in [1.29, 1.82) is 0 Å². The second-order valence-electron chi connectivity index (χ2n) is 23.5. The molecule has 0 radical (unpaired) electrons. The zero-order chi connectivity index (χ0) is 51.8. The number of hydrogen-bond acceptors (Lipinski definition) is 3. The molecular weight excluding hydrogens is 921 g/mol. The van der Waals surface area contributed by atoms with Crippen LogP contribution in [-0.4, -0.2) is 25.6 Å². The number of carbonyl (C=O) groups is 1. The lowest BCUT2D eigenvalue weighted by Crippen LogP contribution is -1.93. The van der Waals surface area contributed by atoms with Crippen molar-refractivity contribution in [3.8, 4) is 0 Å². The third kappa shape index (κ3) is 69.9.